The summed E-state index contributed by atoms with van der Waals surface area (Å²) < 4.78 is 105. The maximum Gasteiger partial charge on any atom is 0.472 e. The van der Waals surface area contributed by atoms with Gasteiger partial charge in [0.1, 0.15) is 73.1 Å². The van der Waals surface area contributed by atoms with E-state index >= 15 is 0 Å². The number of likely N-dealkylation sites (tertiary alicyclic amines) is 3. The van der Waals surface area contributed by atoms with Gasteiger partial charge in [-0.05, 0) is 57.8 Å². The number of aliphatic hydroxyl groups is 10. The first-order chi connectivity index (χ1) is 46.2. The molecule has 43 heteroatoms. The van der Waals surface area contributed by atoms with Gasteiger partial charge in [-0.15, -0.1) is 0 Å². The maximum atomic E-state index is 14.1. The molecule has 0 aromatic rings. The highest BCUT2D eigenvalue weighted by atomic mass is 31.2. The molecule has 0 bridgehead atoms. The fourth-order valence-corrected chi connectivity index (χ4v) is 14.6. The van der Waals surface area contributed by atoms with Crippen LogP contribution in [0.4, 0.5) is 0 Å². The predicted molar refractivity (Wildman–Crippen MR) is 326 cm³/mol. The summed E-state index contributed by atoms with van der Waals surface area (Å²) in [6.07, 6.45) is -20.9. The Balaban J connectivity index is 1.06. The van der Waals surface area contributed by atoms with E-state index < -0.39 is 233 Å². The Labute approximate surface area is 564 Å². The van der Waals surface area contributed by atoms with Gasteiger partial charge in [-0.2, -0.15) is 0 Å². The van der Waals surface area contributed by atoms with E-state index in [-0.39, 0.29) is 110 Å². The first-order valence-electron chi connectivity index (χ1n) is 32.2. The van der Waals surface area contributed by atoms with Gasteiger partial charge in [0.2, 0.25) is 35.4 Å². The Hall–Kier alpha value is -3.49. The molecule has 0 aromatic heterocycles. The molecule has 0 aliphatic carbocycles. The van der Waals surface area contributed by atoms with E-state index in [1.165, 1.54) is 23.6 Å². The summed E-state index contributed by atoms with van der Waals surface area (Å²) in [5.41, 5.74) is 0. The molecule has 0 radical (unpaired) electrons. The Morgan fingerprint density at radius 2 is 0.735 bits per heavy atom. The summed E-state index contributed by atoms with van der Waals surface area (Å²) in [5, 5.41) is 110. The van der Waals surface area contributed by atoms with E-state index in [0.717, 1.165) is 18.9 Å². The van der Waals surface area contributed by atoms with Crippen LogP contribution in [0.1, 0.15) is 97.8 Å². The zero-order chi connectivity index (χ0) is 72.4. The molecule has 6 amide bonds. The lowest BCUT2D eigenvalue weighted by Gasteiger charge is -2.42. The number of amides is 6. The van der Waals surface area contributed by atoms with E-state index in [4.69, 9.17) is 51.0 Å². The highest BCUT2D eigenvalue weighted by Gasteiger charge is 2.50. The Morgan fingerprint density at radius 1 is 0.439 bits per heavy atom. The molecule has 0 aromatic carbocycles. The summed E-state index contributed by atoms with van der Waals surface area (Å²) in [7, 11) is -14.0. The van der Waals surface area contributed by atoms with Crippen LogP contribution in [0.5, 0.6) is 0 Å². The highest BCUT2D eigenvalue weighted by molar-refractivity contribution is 7.47. The molecule has 12 unspecified atom stereocenters. The number of hydrogen-bond donors (Lipinski definition) is 16. The topological polar surface area (TPSA) is 573 Å². The third kappa shape index (κ3) is 24.6. The molecule has 98 heavy (non-hydrogen) atoms. The second-order valence-corrected chi connectivity index (χ2v) is 29.0. The minimum Gasteiger partial charge on any atom is -0.394 e. The number of unbranched alkanes of at least 4 members (excludes halogenated alkanes) is 3. The normalized spacial score (nSPS) is 34.7. The van der Waals surface area contributed by atoms with Crippen molar-refractivity contribution in [2.75, 3.05) is 86.2 Å². The Kier molecular flexibility index (Phi) is 33.1. The van der Waals surface area contributed by atoms with Crippen molar-refractivity contribution in [2.45, 2.75) is 226 Å². The number of rotatable bonds is 38. The molecule has 6 aliphatic rings. The van der Waals surface area contributed by atoms with Gasteiger partial charge >= 0.3 is 23.5 Å². The number of carbonyl (C=O) groups is 6. The van der Waals surface area contributed by atoms with E-state index in [2.05, 4.69) is 20.5 Å². The van der Waals surface area contributed by atoms with E-state index in [9.17, 15) is 108 Å². The zero-order valence-corrected chi connectivity index (χ0v) is 57.3. The number of aliphatic hydroxyl groups excluding tert-OH is 10. The maximum absolute atomic E-state index is 14.1. The zero-order valence-electron chi connectivity index (χ0n) is 54.7. The van der Waals surface area contributed by atoms with Crippen LogP contribution in [-0.4, -0.2) is 330 Å². The summed E-state index contributed by atoms with van der Waals surface area (Å²) >= 11 is 0. The largest absolute Gasteiger partial charge is 0.472 e. The van der Waals surface area contributed by atoms with Crippen LogP contribution >= 0.6 is 23.5 Å². The third-order valence-corrected chi connectivity index (χ3v) is 20.2. The fourth-order valence-electron chi connectivity index (χ4n) is 12.2. The molecule has 0 spiro atoms. The van der Waals surface area contributed by atoms with Crippen molar-refractivity contribution in [2.24, 2.45) is 0 Å². The number of nitrogens with zero attached hydrogens (tertiary/aromatic N) is 3. The Morgan fingerprint density at radius 3 is 1.03 bits per heavy atom. The van der Waals surface area contributed by atoms with Crippen molar-refractivity contribution >= 4 is 58.9 Å². The molecule has 6 fully saturated rings. The van der Waals surface area contributed by atoms with E-state index in [1.54, 1.807) is 0 Å². The number of carbonyl (C=O) groups excluding carboxylic acids is 6. The predicted octanol–water partition coefficient (Wildman–Crippen LogP) is -5.69. The molecular weight excluding hydrogens is 1380 g/mol. The van der Waals surface area contributed by atoms with Gasteiger partial charge in [-0.1, -0.05) is 0 Å². The molecule has 40 nitrogen and oxygen atoms in total. The lowest BCUT2D eigenvalue weighted by atomic mass is 9.97. The summed E-state index contributed by atoms with van der Waals surface area (Å²) in [5.74, 6) is -3.38. The molecule has 566 valence electrons. The minimum absolute atomic E-state index is 0.0587. The lowest BCUT2D eigenvalue weighted by molar-refractivity contribution is -0.270. The van der Waals surface area contributed by atoms with Crippen molar-refractivity contribution in [3.05, 3.63) is 0 Å². The average Bonchev–Trinajstić information content (AvgIpc) is 1.16. The minimum atomic E-state index is -5.19. The molecule has 6 rings (SSSR count). The number of hydrogen-bond acceptors (Lipinski definition) is 31. The van der Waals surface area contributed by atoms with Gasteiger partial charge in [0.05, 0.1) is 76.1 Å². The number of β-amino-alcohol motifs (C(OH)–C–C–N with tert-alkyl or cyclic N) is 1. The number of nitrogens with one attached hydrogen (secondary N) is 3. The average molecular weight is 1480 g/mol. The first-order valence-corrected chi connectivity index (χ1v) is 36.6. The third-order valence-electron chi connectivity index (χ3n) is 17.1. The van der Waals surface area contributed by atoms with Gasteiger partial charge in [0, 0.05) is 86.6 Å². The van der Waals surface area contributed by atoms with Crippen molar-refractivity contribution in [1.82, 2.24) is 30.7 Å². The Bertz CT molecular complexity index is 2740. The monoisotopic (exact) mass is 1480 g/mol. The first kappa shape index (κ1) is 83.5. The quantitative estimate of drug-likeness (QED) is 0.0202. The number of phosphoric acid groups is 3. The van der Waals surface area contributed by atoms with Crippen LogP contribution in [0, 0.1) is 0 Å². The smallest absolute Gasteiger partial charge is 0.394 e. The van der Waals surface area contributed by atoms with Crippen LogP contribution in [0.2, 0.25) is 0 Å². The SMILES string of the molecule is COP(=O)(O)OC[C@@H]1C[C@@H](OP(=O)(O)OC[C@@H]2C[C@@H](OP(=O)(O)OC[C@@H]3C[C@@H](O)CN3C(=O)CCCCO[C@@H]3OC(CO)[C@H](O)C(O)C3NC(C)=O)CN2C(=O)CCCCO[C@@H]2OC(CO)[C@H](O)C(O)C2NC(C)=O)CN1C(=O)CCCCO[C@@H]1OC(CO)[C@H](O)C(O)C1NC(C)=O. The van der Waals surface area contributed by atoms with Crippen LogP contribution < -0.4 is 16.0 Å². The van der Waals surface area contributed by atoms with E-state index in [1.807, 2.05) is 0 Å². The fraction of sp³-hybridized carbons (Fsp3) is 0.891. The van der Waals surface area contributed by atoms with Gasteiger partial charge in [0.15, 0.2) is 18.9 Å². The van der Waals surface area contributed by atoms with Gasteiger partial charge in [-0.3, -0.25) is 55.9 Å². The number of ether oxygens (including phenoxy) is 6. The van der Waals surface area contributed by atoms with E-state index in [0.29, 0.717) is 0 Å². The van der Waals surface area contributed by atoms with Crippen molar-refractivity contribution in [1.29, 1.82) is 0 Å². The summed E-state index contributed by atoms with van der Waals surface area (Å²) in [6.45, 7) is -1.80. The second kappa shape index (κ2) is 38.9. The standard InChI is InChI=1S/C55H97N6O34P3/c1-29(65)56-44-50(75)47(72)38(23-62)91-53(44)85-14-8-5-11-41(69)59-20-35(68)17-32(59)26-89-97(80,81)94-37-19-34(61(22-37)43(71)13-7-10-16-87-55-46(58-31(3)67)52(77)49(74)40(25-64)93-55)28-90-98(82,83)95-36-18-33(27-88-96(78,79)84-4)60(21-36)42(70)12-6-9-15-86-54-45(57-30(2)66)51(76)48(73)39(24-63)92-54/h32-40,44-55,62-64,68,72-77H,5-28H2,1-4H3,(H,56,65)(H,57,66)(H,58,67)(H,78,79)(H,80,81)(H,82,83)/t32-,33-,34-,35+,36+,37+,38?,39?,40?,44?,45?,46?,47-,48-,49-,50?,51?,52?,53+,54+,55+/m0/s1. The molecule has 6 heterocycles. The second-order valence-electron chi connectivity index (χ2n) is 24.7. The van der Waals surface area contributed by atoms with Crippen molar-refractivity contribution in [3.63, 3.8) is 0 Å². The summed E-state index contributed by atoms with van der Waals surface area (Å²) in [6, 6.07) is -6.80. The van der Waals surface area contributed by atoms with Gasteiger partial charge in [0.25, 0.3) is 0 Å². The lowest BCUT2D eigenvalue weighted by Crippen LogP contribution is -2.64. The van der Waals surface area contributed by atoms with Crippen molar-refractivity contribution < 1.29 is 164 Å². The van der Waals surface area contributed by atoms with Crippen molar-refractivity contribution in [3.8, 4) is 0 Å². The highest BCUT2D eigenvalue weighted by Crippen LogP contribution is 2.50. The molecule has 0 saturated carbocycles. The van der Waals surface area contributed by atoms with Crippen LogP contribution in [0.25, 0.3) is 0 Å². The molecular formula is C55H97N6O34P3. The van der Waals surface area contributed by atoms with Gasteiger partial charge in [-0.25, -0.2) is 13.7 Å². The molecule has 16 N–H and O–H groups in total. The van der Waals surface area contributed by atoms with Crippen LogP contribution in [0.3, 0.4) is 0 Å². The van der Waals surface area contributed by atoms with Crippen LogP contribution in [0.15, 0.2) is 0 Å². The van der Waals surface area contributed by atoms with Crippen LogP contribution in [-0.2, 0) is 98.0 Å². The molecule has 6 aliphatic heterocycles. The summed E-state index contributed by atoms with van der Waals surface area (Å²) in [4.78, 5) is 113. The molecule has 6 saturated heterocycles. The molecule has 24 atom stereocenters. The van der Waals surface area contributed by atoms with Gasteiger partial charge < -0.3 is 125 Å². The number of phosphoric ester groups is 3.